The molecule has 3 rings (SSSR count). The molecule has 0 amide bonds. The zero-order valence-corrected chi connectivity index (χ0v) is 20.3. The maximum absolute atomic E-state index is 2.40. The van der Waals surface area contributed by atoms with Gasteiger partial charge in [0.2, 0.25) is 0 Å². The Balaban J connectivity index is 1.75. The van der Waals surface area contributed by atoms with E-state index in [4.69, 9.17) is 0 Å². The molecule has 0 spiro atoms. The van der Waals surface area contributed by atoms with E-state index in [9.17, 15) is 0 Å². The molecule has 0 aliphatic heterocycles. The fourth-order valence-corrected chi connectivity index (χ4v) is 4.48. The second kappa shape index (κ2) is 12.3. The third kappa shape index (κ3) is 6.61. The first-order valence-corrected chi connectivity index (χ1v) is 12.2. The third-order valence-electron chi connectivity index (χ3n) is 6.34. The van der Waals surface area contributed by atoms with Gasteiger partial charge in [-0.3, -0.25) is 0 Å². The molecule has 3 aromatic carbocycles. The number of nitrogens with zero attached hydrogens (tertiary/aromatic N) is 2. The zero-order valence-electron chi connectivity index (χ0n) is 20.3. The van der Waals surface area contributed by atoms with Crippen LogP contribution in [0.3, 0.4) is 0 Å². The lowest BCUT2D eigenvalue weighted by Crippen LogP contribution is -3.08. The lowest BCUT2D eigenvalue weighted by atomic mass is 10.1. The minimum absolute atomic E-state index is 1.02. The summed E-state index contributed by atoms with van der Waals surface area (Å²) < 4.78 is 0. The standard InChI is InChI=1S/C29H39N3/c1-5-31(6-2)28-18-14-26(15-19-28)23-30(22-25-12-10-9-11-13-25)24-27-16-20-29(21-17-27)32(7-3)8-4/h9-21H,5-8,22-24H2,1-4H3/p+1. The maximum atomic E-state index is 2.40. The number of hydrogen-bond acceptors (Lipinski definition) is 2. The predicted octanol–water partition coefficient (Wildman–Crippen LogP) is 5.16. The van der Waals surface area contributed by atoms with Crippen molar-refractivity contribution in [3.63, 3.8) is 0 Å². The van der Waals surface area contributed by atoms with Crippen LogP contribution in [0.15, 0.2) is 78.9 Å². The Morgan fingerprint density at radius 2 is 0.812 bits per heavy atom. The maximum Gasteiger partial charge on any atom is 0.103 e. The quantitative estimate of drug-likeness (QED) is 0.425. The van der Waals surface area contributed by atoms with E-state index in [1.54, 1.807) is 4.90 Å². The van der Waals surface area contributed by atoms with Crippen molar-refractivity contribution in [1.29, 1.82) is 0 Å². The lowest BCUT2D eigenvalue weighted by Gasteiger charge is -2.23. The van der Waals surface area contributed by atoms with Gasteiger partial charge in [0.25, 0.3) is 0 Å². The SMILES string of the molecule is CCN(CC)c1ccc(C[NH+](Cc2ccccc2)Cc2ccc(N(CC)CC)cc2)cc1. The summed E-state index contributed by atoms with van der Waals surface area (Å²) in [6.07, 6.45) is 0. The molecule has 0 aromatic heterocycles. The van der Waals surface area contributed by atoms with E-state index >= 15 is 0 Å². The summed E-state index contributed by atoms with van der Waals surface area (Å²) >= 11 is 0. The van der Waals surface area contributed by atoms with Crippen molar-refractivity contribution in [3.05, 3.63) is 95.6 Å². The van der Waals surface area contributed by atoms with Crippen LogP contribution >= 0.6 is 0 Å². The van der Waals surface area contributed by atoms with Crippen molar-refractivity contribution in [3.8, 4) is 0 Å². The highest BCUT2D eigenvalue weighted by molar-refractivity contribution is 5.48. The van der Waals surface area contributed by atoms with Crippen LogP contribution < -0.4 is 14.7 Å². The molecule has 0 heterocycles. The Kier molecular flexibility index (Phi) is 9.18. The first-order chi connectivity index (χ1) is 15.7. The third-order valence-corrected chi connectivity index (χ3v) is 6.34. The van der Waals surface area contributed by atoms with E-state index in [0.717, 1.165) is 45.8 Å². The van der Waals surface area contributed by atoms with Crippen LogP contribution in [0.2, 0.25) is 0 Å². The van der Waals surface area contributed by atoms with Gasteiger partial charge in [0, 0.05) is 54.2 Å². The van der Waals surface area contributed by atoms with Crippen LogP contribution in [0.1, 0.15) is 44.4 Å². The summed E-state index contributed by atoms with van der Waals surface area (Å²) in [5, 5.41) is 0. The normalized spacial score (nSPS) is 11.0. The zero-order chi connectivity index (χ0) is 22.8. The molecule has 0 unspecified atom stereocenters. The Labute approximate surface area is 195 Å². The van der Waals surface area contributed by atoms with E-state index in [0.29, 0.717) is 0 Å². The van der Waals surface area contributed by atoms with Gasteiger partial charge in [0.05, 0.1) is 0 Å². The number of nitrogens with one attached hydrogen (secondary N) is 1. The summed E-state index contributed by atoms with van der Waals surface area (Å²) in [5.74, 6) is 0. The first-order valence-electron chi connectivity index (χ1n) is 12.2. The first kappa shape index (κ1) is 23.9. The van der Waals surface area contributed by atoms with Gasteiger partial charge in [-0.05, 0) is 52.0 Å². The molecule has 32 heavy (non-hydrogen) atoms. The Bertz CT molecular complexity index is 838. The minimum atomic E-state index is 1.02. The van der Waals surface area contributed by atoms with Crippen molar-refractivity contribution < 1.29 is 4.90 Å². The van der Waals surface area contributed by atoms with E-state index in [1.807, 2.05) is 0 Å². The fourth-order valence-electron chi connectivity index (χ4n) is 4.48. The lowest BCUT2D eigenvalue weighted by molar-refractivity contribution is -0.941. The smallest absolute Gasteiger partial charge is 0.103 e. The second-order valence-electron chi connectivity index (χ2n) is 8.44. The highest BCUT2D eigenvalue weighted by Crippen LogP contribution is 2.16. The van der Waals surface area contributed by atoms with Crippen LogP contribution in [0, 0.1) is 0 Å². The molecule has 1 N–H and O–H groups in total. The predicted molar refractivity (Wildman–Crippen MR) is 139 cm³/mol. The molecule has 0 fully saturated rings. The summed E-state index contributed by atoms with van der Waals surface area (Å²) in [6.45, 7) is 16.1. The summed E-state index contributed by atoms with van der Waals surface area (Å²) in [7, 11) is 0. The molecule has 0 atom stereocenters. The van der Waals surface area contributed by atoms with Crippen LogP contribution in [0.25, 0.3) is 0 Å². The van der Waals surface area contributed by atoms with E-state index < -0.39 is 0 Å². The molecular weight excluding hydrogens is 390 g/mol. The Hall–Kier alpha value is -2.78. The van der Waals surface area contributed by atoms with Gasteiger partial charge >= 0.3 is 0 Å². The number of anilines is 2. The molecule has 0 saturated carbocycles. The van der Waals surface area contributed by atoms with Crippen LogP contribution in [0.4, 0.5) is 11.4 Å². The number of benzene rings is 3. The average Bonchev–Trinajstić information content (AvgIpc) is 2.83. The molecule has 3 aromatic rings. The van der Waals surface area contributed by atoms with E-state index in [-0.39, 0.29) is 0 Å². The van der Waals surface area contributed by atoms with Gasteiger partial charge in [0.15, 0.2) is 0 Å². The molecule has 0 saturated heterocycles. The van der Waals surface area contributed by atoms with Crippen LogP contribution in [0.5, 0.6) is 0 Å². The molecule has 3 nitrogen and oxygen atoms in total. The summed E-state index contributed by atoms with van der Waals surface area (Å²) in [6, 6.07) is 29.2. The van der Waals surface area contributed by atoms with Crippen LogP contribution in [-0.4, -0.2) is 26.2 Å². The molecule has 170 valence electrons. The van der Waals surface area contributed by atoms with Gasteiger partial charge in [-0.2, -0.15) is 0 Å². The molecule has 0 aliphatic carbocycles. The van der Waals surface area contributed by atoms with Crippen molar-refractivity contribution in [2.75, 3.05) is 36.0 Å². The van der Waals surface area contributed by atoms with Gasteiger partial charge in [-0.1, -0.05) is 54.6 Å². The number of rotatable bonds is 12. The van der Waals surface area contributed by atoms with Gasteiger partial charge in [-0.15, -0.1) is 0 Å². The molecular formula is C29H40N3+. The average molecular weight is 431 g/mol. The Morgan fingerprint density at radius 3 is 1.16 bits per heavy atom. The van der Waals surface area contributed by atoms with Crippen molar-refractivity contribution in [1.82, 2.24) is 0 Å². The van der Waals surface area contributed by atoms with E-state index in [2.05, 4.69) is 116 Å². The van der Waals surface area contributed by atoms with Gasteiger partial charge < -0.3 is 14.7 Å². The largest absolute Gasteiger partial charge is 0.372 e. The summed E-state index contributed by atoms with van der Waals surface area (Å²) in [4.78, 5) is 6.36. The number of quaternary nitrogens is 1. The number of hydrogen-bond donors (Lipinski definition) is 1. The molecule has 0 aliphatic rings. The molecule has 0 bridgehead atoms. The minimum Gasteiger partial charge on any atom is -0.372 e. The Morgan fingerprint density at radius 1 is 0.469 bits per heavy atom. The summed E-state index contributed by atoms with van der Waals surface area (Å²) in [5.41, 5.74) is 6.81. The van der Waals surface area contributed by atoms with Crippen molar-refractivity contribution >= 4 is 11.4 Å². The highest BCUT2D eigenvalue weighted by Gasteiger charge is 2.13. The van der Waals surface area contributed by atoms with Crippen LogP contribution in [-0.2, 0) is 19.6 Å². The second-order valence-corrected chi connectivity index (χ2v) is 8.44. The van der Waals surface area contributed by atoms with Gasteiger partial charge in [-0.25, -0.2) is 0 Å². The van der Waals surface area contributed by atoms with Gasteiger partial charge in [0.1, 0.15) is 19.6 Å². The molecule has 0 radical (unpaired) electrons. The molecule has 3 heteroatoms. The van der Waals surface area contributed by atoms with E-state index in [1.165, 1.54) is 28.1 Å². The topological polar surface area (TPSA) is 10.9 Å². The highest BCUT2D eigenvalue weighted by atomic mass is 15.1. The fraction of sp³-hybridized carbons (Fsp3) is 0.379. The van der Waals surface area contributed by atoms with Crippen molar-refractivity contribution in [2.24, 2.45) is 0 Å². The van der Waals surface area contributed by atoms with Crippen molar-refractivity contribution in [2.45, 2.75) is 47.3 Å². The monoisotopic (exact) mass is 430 g/mol.